The van der Waals surface area contributed by atoms with Gasteiger partial charge in [0, 0.05) is 23.6 Å². The van der Waals surface area contributed by atoms with Crippen molar-refractivity contribution in [2.75, 3.05) is 0 Å². The molecule has 2 rings (SSSR count). The van der Waals surface area contributed by atoms with E-state index >= 15 is 0 Å². The molecule has 1 heteroatoms. The minimum absolute atomic E-state index is 1.08. The molecule has 0 fully saturated rings. The maximum atomic E-state index is 4.11. The van der Waals surface area contributed by atoms with Gasteiger partial charge in [-0.15, -0.1) is 0 Å². The molecule has 0 aliphatic carbocycles. The number of hydrogen-bond acceptors (Lipinski definition) is 0. The molecule has 0 amide bonds. The van der Waals surface area contributed by atoms with Gasteiger partial charge in [-0.05, 0) is 37.0 Å². The molecule has 18 heavy (non-hydrogen) atoms. The van der Waals surface area contributed by atoms with Gasteiger partial charge in [0.15, 0.2) is 0 Å². The number of nitrogens with zero attached hydrogens (tertiary/aromatic N) is 1. The third kappa shape index (κ3) is 2.22. The summed E-state index contributed by atoms with van der Waals surface area (Å²) in [5, 5.41) is 1.41. The summed E-state index contributed by atoms with van der Waals surface area (Å²) in [6, 6.07) is 6.57. The van der Waals surface area contributed by atoms with Gasteiger partial charge in [0.1, 0.15) is 0 Å². The molecule has 0 atom stereocenters. The van der Waals surface area contributed by atoms with Gasteiger partial charge in [0.25, 0.3) is 0 Å². The van der Waals surface area contributed by atoms with Gasteiger partial charge in [-0.1, -0.05) is 44.6 Å². The molecule has 0 bridgehead atoms. The van der Waals surface area contributed by atoms with Gasteiger partial charge in [-0.2, -0.15) is 0 Å². The number of rotatable bonds is 5. The van der Waals surface area contributed by atoms with Gasteiger partial charge in [0.05, 0.1) is 0 Å². The number of aromatic nitrogens is 1. The molecule has 0 radical (unpaired) electrons. The lowest BCUT2D eigenvalue weighted by atomic mass is 10.0. The fraction of sp³-hybridized carbons (Fsp3) is 0.412. The Labute approximate surface area is 110 Å². The second-order valence-electron chi connectivity index (χ2n) is 5.03. The van der Waals surface area contributed by atoms with Crippen molar-refractivity contribution in [2.24, 2.45) is 0 Å². The van der Waals surface area contributed by atoms with E-state index in [-0.39, 0.29) is 0 Å². The molecule has 0 unspecified atom stereocenters. The Morgan fingerprint density at radius 1 is 1.28 bits per heavy atom. The predicted molar refractivity (Wildman–Crippen MR) is 80.9 cm³/mol. The maximum absolute atomic E-state index is 4.11. The lowest BCUT2D eigenvalue weighted by Crippen LogP contribution is -1.95. The molecular weight excluding hydrogens is 218 g/mol. The molecule has 0 N–H and O–H groups in total. The molecule has 1 aromatic carbocycles. The Kier molecular flexibility index (Phi) is 3.90. The minimum Gasteiger partial charge on any atom is -0.347 e. The standard InChI is InChI=1S/C17H23N/c1-5-7-11-18-12-14(6-2)17-15(13(3)4)9-8-10-16(17)18/h8-10,12H,3,5-7,11H2,1-2,4H3. The summed E-state index contributed by atoms with van der Waals surface area (Å²) in [6.07, 6.45) is 5.89. The van der Waals surface area contributed by atoms with E-state index in [0.29, 0.717) is 0 Å². The van der Waals surface area contributed by atoms with E-state index in [9.17, 15) is 0 Å². The third-order valence-corrected chi connectivity index (χ3v) is 3.58. The molecule has 0 spiro atoms. The van der Waals surface area contributed by atoms with Crippen molar-refractivity contribution in [3.05, 3.63) is 42.1 Å². The molecule has 1 heterocycles. The first-order valence-corrected chi connectivity index (χ1v) is 6.95. The average Bonchev–Trinajstić information content (AvgIpc) is 2.74. The van der Waals surface area contributed by atoms with Crippen LogP contribution >= 0.6 is 0 Å². The van der Waals surface area contributed by atoms with Crippen molar-refractivity contribution < 1.29 is 0 Å². The van der Waals surface area contributed by atoms with Gasteiger partial charge in [-0.3, -0.25) is 0 Å². The monoisotopic (exact) mass is 241 g/mol. The van der Waals surface area contributed by atoms with Crippen LogP contribution in [0, 0.1) is 0 Å². The summed E-state index contributed by atoms with van der Waals surface area (Å²) in [5.74, 6) is 0. The van der Waals surface area contributed by atoms with Crippen molar-refractivity contribution in [3.8, 4) is 0 Å². The fourth-order valence-electron chi connectivity index (χ4n) is 2.58. The van der Waals surface area contributed by atoms with Crippen LogP contribution < -0.4 is 0 Å². The van der Waals surface area contributed by atoms with Crippen molar-refractivity contribution in [1.82, 2.24) is 4.57 Å². The summed E-state index contributed by atoms with van der Waals surface area (Å²) in [7, 11) is 0. The zero-order valence-electron chi connectivity index (χ0n) is 11.8. The smallest absolute Gasteiger partial charge is 0.0489 e. The van der Waals surface area contributed by atoms with Crippen LogP contribution in [0.5, 0.6) is 0 Å². The average molecular weight is 241 g/mol. The van der Waals surface area contributed by atoms with Gasteiger partial charge in [-0.25, -0.2) is 0 Å². The highest BCUT2D eigenvalue weighted by Gasteiger charge is 2.11. The van der Waals surface area contributed by atoms with Crippen molar-refractivity contribution >= 4 is 16.5 Å². The molecule has 0 saturated heterocycles. The number of aryl methyl sites for hydroxylation is 2. The van der Waals surface area contributed by atoms with Crippen LogP contribution in [-0.2, 0) is 13.0 Å². The van der Waals surface area contributed by atoms with E-state index in [0.717, 1.165) is 18.5 Å². The Balaban J connectivity index is 2.63. The lowest BCUT2D eigenvalue weighted by Gasteiger charge is -2.06. The molecule has 96 valence electrons. The Morgan fingerprint density at radius 2 is 2.06 bits per heavy atom. The predicted octanol–water partition coefficient (Wildman–Crippen LogP) is 5.04. The maximum Gasteiger partial charge on any atom is 0.0489 e. The highest BCUT2D eigenvalue weighted by Crippen LogP contribution is 2.29. The molecule has 0 aliphatic heterocycles. The number of benzene rings is 1. The second kappa shape index (κ2) is 5.43. The number of unbranched alkanes of at least 4 members (excludes halogenated alkanes) is 1. The first kappa shape index (κ1) is 12.9. The summed E-state index contributed by atoms with van der Waals surface area (Å²) in [6.45, 7) is 11.8. The topological polar surface area (TPSA) is 4.93 Å². The molecular formula is C17H23N. The zero-order chi connectivity index (χ0) is 13.1. The van der Waals surface area contributed by atoms with Crippen LogP contribution in [-0.4, -0.2) is 4.57 Å². The Morgan fingerprint density at radius 3 is 2.67 bits per heavy atom. The van der Waals surface area contributed by atoms with Crippen LogP contribution in [0.2, 0.25) is 0 Å². The SMILES string of the molecule is C=C(C)c1cccc2c1c(CC)cn2CCCC. The zero-order valence-corrected chi connectivity index (χ0v) is 11.8. The fourth-order valence-corrected chi connectivity index (χ4v) is 2.58. The van der Waals surface area contributed by atoms with Crippen LogP contribution in [0.15, 0.2) is 31.0 Å². The van der Waals surface area contributed by atoms with E-state index in [1.54, 1.807) is 0 Å². The molecule has 0 saturated carbocycles. The van der Waals surface area contributed by atoms with Crippen LogP contribution in [0.3, 0.4) is 0 Å². The molecule has 1 nitrogen and oxygen atoms in total. The van der Waals surface area contributed by atoms with E-state index in [4.69, 9.17) is 0 Å². The number of fused-ring (bicyclic) bond motifs is 1. The van der Waals surface area contributed by atoms with Crippen molar-refractivity contribution in [1.29, 1.82) is 0 Å². The highest BCUT2D eigenvalue weighted by atomic mass is 15.0. The Bertz CT molecular complexity index is 560. The first-order chi connectivity index (χ1) is 8.69. The minimum atomic E-state index is 1.08. The highest BCUT2D eigenvalue weighted by molar-refractivity contribution is 5.94. The van der Waals surface area contributed by atoms with Crippen LogP contribution in [0.4, 0.5) is 0 Å². The summed E-state index contributed by atoms with van der Waals surface area (Å²) < 4.78 is 2.41. The van der Waals surface area contributed by atoms with Gasteiger partial charge >= 0.3 is 0 Å². The van der Waals surface area contributed by atoms with E-state index in [2.05, 4.69) is 56.3 Å². The normalized spacial score (nSPS) is 11.1. The van der Waals surface area contributed by atoms with E-state index in [1.165, 1.54) is 34.9 Å². The summed E-state index contributed by atoms with van der Waals surface area (Å²) >= 11 is 0. The second-order valence-corrected chi connectivity index (χ2v) is 5.03. The van der Waals surface area contributed by atoms with Gasteiger partial charge in [0.2, 0.25) is 0 Å². The quantitative estimate of drug-likeness (QED) is 0.691. The number of hydrogen-bond donors (Lipinski definition) is 0. The summed E-state index contributed by atoms with van der Waals surface area (Å²) in [4.78, 5) is 0. The Hall–Kier alpha value is -1.50. The van der Waals surface area contributed by atoms with E-state index < -0.39 is 0 Å². The lowest BCUT2D eigenvalue weighted by molar-refractivity contribution is 0.648. The number of allylic oxidation sites excluding steroid dienone is 1. The van der Waals surface area contributed by atoms with Crippen molar-refractivity contribution in [3.63, 3.8) is 0 Å². The first-order valence-electron chi connectivity index (χ1n) is 6.95. The molecule has 0 aliphatic rings. The molecule has 2 aromatic rings. The van der Waals surface area contributed by atoms with Gasteiger partial charge < -0.3 is 4.57 Å². The van der Waals surface area contributed by atoms with E-state index in [1.807, 2.05) is 0 Å². The largest absolute Gasteiger partial charge is 0.347 e. The van der Waals surface area contributed by atoms with Crippen LogP contribution in [0.1, 0.15) is 44.7 Å². The van der Waals surface area contributed by atoms with Crippen molar-refractivity contribution in [2.45, 2.75) is 46.6 Å². The third-order valence-electron chi connectivity index (χ3n) is 3.58. The molecule has 1 aromatic heterocycles. The summed E-state index contributed by atoms with van der Waals surface area (Å²) in [5.41, 5.74) is 5.27. The van der Waals surface area contributed by atoms with Crippen LogP contribution in [0.25, 0.3) is 16.5 Å².